The second-order valence-electron chi connectivity index (χ2n) is 5.31. The number of benzene rings is 1. The summed E-state index contributed by atoms with van der Waals surface area (Å²) in [4.78, 5) is 11.8. The lowest BCUT2D eigenvalue weighted by Crippen LogP contribution is -2.12. The average molecular weight is 260 g/mol. The molecule has 0 aromatic heterocycles. The highest BCUT2D eigenvalue weighted by Gasteiger charge is 2.16. The van der Waals surface area contributed by atoms with Crippen LogP contribution in [0.1, 0.15) is 42.6 Å². The SMILES string of the molecule is Cc1cc(C(=O)OCCCC(C)(C)C#N)ccc1N. The van der Waals surface area contributed by atoms with Crippen LogP contribution in [0.5, 0.6) is 0 Å². The molecule has 0 radical (unpaired) electrons. The van der Waals surface area contributed by atoms with Crippen molar-refractivity contribution in [2.75, 3.05) is 12.3 Å². The standard InChI is InChI=1S/C15H20N2O2/c1-11-9-12(5-6-13(11)17)14(18)19-8-4-7-15(2,3)10-16/h5-6,9H,4,7-8,17H2,1-3H3. The van der Waals surface area contributed by atoms with Crippen LogP contribution in [0.2, 0.25) is 0 Å². The van der Waals surface area contributed by atoms with Gasteiger partial charge in [-0.25, -0.2) is 4.79 Å². The van der Waals surface area contributed by atoms with Crippen molar-refractivity contribution < 1.29 is 9.53 Å². The summed E-state index contributed by atoms with van der Waals surface area (Å²) in [6.07, 6.45) is 1.39. The number of nitriles is 1. The topological polar surface area (TPSA) is 76.1 Å². The third-order valence-electron chi connectivity index (χ3n) is 2.99. The van der Waals surface area contributed by atoms with Gasteiger partial charge in [0.25, 0.3) is 0 Å². The zero-order valence-electron chi connectivity index (χ0n) is 11.7. The first-order valence-electron chi connectivity index (χ1n) is 6.30. The average Bonchev–Trinajstić information content (AvgIpc) is 2.37. The van der Waals surface area contributed by atoms with Crippen molar-refractivity contribution in [1.82, 2.24) is 0 Å². The molecule has 4 nitrogen and oxygen atoms in total. The Morgan fingerprint density at radius 2 is 2.16 bits per heavy atom. The highest BCUT2D eigenvalue weighted by molar-refractivity contribution is 5.90. The lowest BCUT2D eigenvalue weighted by atomic mass is 9.90. The van der Waals surface area contributed by atoms with Gasteiger partial charge in [-0.15, -0.1) is 0 Å². The molecule has 0 saturated heterocycles. The Morgan fingerprint density at radius 1 is 1.47 bits per heavy atom. The van der Waals surface area contributed by atoms with E-state index in [-0.39, 0.29) is 11.4 Å². The molecular weight excluding hydrogens is 240 g/mol. The number of hydrogen-bond donors (Lipinski definition) is 1. The minimum Gasteiger partial charge on any atom is -0.462 e. The van der Waals surface area contributed by atoms with Crippen LogP contribution in [-0.4, -0.2) is 12.6 Å². The van der Waals surface area contributed by atoms with Crippen LogP contribution in [0, 0.1) is 23.7 Å². The lowest BCUT2D eigenvalue weighted by Gasteiger charge is -2.14. The summed E-state index contributed by atoms with van der Waals surface area (Å²) in [7, 11) is 0. The maximum Gasteiger partial charge on any atom is 0.338 e. The second kappa shape index (κ2) is 6.24. The van der Waals surface area contributed by atoms with Gasteiger partial charge in [-0.2, -0.15) is 5.26 Å². The molecule has 0 amide bonds. The zero-order valence-corrected chi connectivity index (χ0v) is 11.7. The van der Waals surface area contributed by atoms with E-state index in [0.29, 0.717) is 30.7 Å². The molecule has 19 heavy (non-hydrogen) atoms. The molecule has 0 atom stereocenters. The van der Waals surface area contributed by atoms with E-state index in [2.05, 4.69) is 6.07 Å². The number of carbonyl (C=O) groups is 1. The molecule has 2 N–H and O–H groups in total. The third kappa shape index (κ3) is 4.63. The smallest absolute Gasteiger partial charge is 0.338 e. The predicted molar refractivity (Wildman–Crippen MR) is 74.5 cm³/mol. The number of rotatable bonds is 5. The maximum atomic E-state index is 11.8. The summed E-state index contributed by atoms with van der Waals surface area (Å²) >= 11 is 0. The number of hydrogen-bond acceptors (Lipinski definition) is 4. The van der Waals surface area contributed by atoms with E-state index in [1.54, 1.807) is 18.2 Å². The Bertz CT molecular complexity index is 501. The fraction of sp³-hybridized carbons (Fsp3) is 0.467. The molecule has 0 heterocycles. The minimum atomic E-state index is -0.371. The number of anilines is 1. The van der Waals surface area contributed by atoms with Crippen molar-refractivity contribution >= 4 is 11.7 Å². The lowest BCUT2D eigenvalue weighted by molar-refractivity contribution is 0.0491. The highest BCUT2D eigenvalue weighted by Crippen LogP contribution is 2.20. The van der Waals surface area contributed by atoms with Crippen molar-refractivity contribution in [1.29, 1.82) is 5.26 Å². The van der Waals surface area contributed by atoms with Crippen LogP contribution in [-0.2, 0) is 4.74 Å². The molecule has 1 aromatic carbocycles. The molecule has 102 valence electrons. The summed E-state index contributed by atoms with van der Waals surface area (Å²) in [5, 5.41) is 8.87. The van der Waals surface area contributed by atoms with E-state index in [0.717, 1.165) is 5.56 Å². The summed E-state index contributed by atoms with van der Waals surface area (Å²) in [6, 6.07) is 7.30. The van der Waals surface area contributed by atoms with Crippen LogP contribution >= 0.6 is 0 Å². The molecule has 4 heteroatoms. The van der Waals surface area contributed by atoms with E-state index < -0.39 is 0 Å². The molecule has 0 aliphatic heterocycles. The number of ether oxygens (including phenoxy) is 1. The highest BCUT2D eigenvalue weighted by atomic mass is 16.5. The van der Waals surface area contributed by atoms with E-state index in [1.807, 2.05) is 20.8 Å². The molecule has 0 aliphatic rings. The first-order valence-corrected chi connectivity index (χ1v) is 6.30. The summed E-state index contributed by atoms with van der Waals surface area (Å²) in [6.45, 7) is 5.92. The van der Waals surface area contributed by atoms with Gasteiger partial charge < -0.3 is 10.5 Å². The Morgan fingerprint density at radius 3 is 2.74 bits per heavy atom. The molecule has 0 aliphatic carbocycles. The van der Waals surface area contributed by atoms with Crippen LogP contribution in [0.3, 0.4) is 0 Å². The van der Waals surface area contributed by atoms with Gasteiger partial charge in [0.15, 0.2) is 0 Å². The van der Waals surface area contributed by atoms with Crippen LogP contribution in [0.25, 0.3) is 0 Å². The summed E-state index contributed by atoms with van der Waals surface area (Å²) < 4.78 is 5.17. The van der Waals surface area contributed by atoms with Crippen LogP contribution in [0.15, 0.2) is 18.2 Å². The number of carbonyl (C=O) groups excluding carboxylic acids is 1. The van der Waals surface area contributed by atoms with Gasteiger partial charge in [0.2, 0.25) is 0 Å². The molecule has 0 saturated carbocycles. The van der Waals surface area contributed by atoms with Gasteiger partial charge in [-0.05, 0) is 57.4 Å². The first kappa shape index (κ1) is 15.0. The first-order chi connectivity index (χ1) is 8.85. The van der Waals surface area contributed by atoms with Gasteiger partial charge >= 0.3 is 5.97 Å². The van der Waals surface area contributed by atoms with E-state index >= 15 is 0 Å². The largest absolute Gasteiger partial charge is 0.462 e. The molecule has 1 aromatic rings. The quantitative estimate of drug-likeness (QED) is 0.501. The fourth-order valence-corrected chi connectivity index (χ4v) is 1.62. The normalized spacial score (nSPS) is 10.8. The van der Waals surface area contributed by atoms with Crippen molar-refractivity contribution in [3.05, 3.63) is 29.3 Å². The van der Waals surface area contributed by atoms with Crippen molar-refractivity contribution in [3.63, 3.8) is 0 Å². The number of nitrogen functional groups attached to an aromatic ring is 1. The zero-order chi connectivity index (χ0) is 14.5. The third-order valence-corrected chi connectivity index (χ3v) is 2.99. The van der Waals surface area contributed by atoms with Crippen molar-refractivity contribution in [2.24, 2.45) is 5.41 Å². The van der Waals surface area contributed by atoms with Gasteiger partial charge in [0.1, 0.15) is 0 Å². The van der Waals surface area contributed by atoms with Gasteiger partial charge in [-0.3, -0.25) is 0 Å². The van der Waals surface area contributed by atoms with E-state index in [4.69, 9.17) is 15.7 Å². The Balaban J connectivity index is 2.44. The Kier molecular flexibility index (Phi) is 4.94. The monoisotopic (exact) mass is 260 g/mol. The second-order valence-corrected chi connectivity index (χ2v) is 5.31. The molecule has 1 rings (SSSR count). The number of aryl methyl sites for hydroxylation is 1. The molecular formula is C15H20N2O2. The van der Waals surface area contributed by atoms with Gasteiger partial charge in [0, 0.05) is 5.69 Å². The molecule has 0 bridgehead atoms. The van der Waals surface area contributed by atoms with Crippen molar-refractivity contribution in [2.45, 2.75) is 33.6 Å². The Labute approximate surface area is 114 Å². The van der Waals surface area contributed by atoms with Gasteiger partial charge in [-0.1, -0.05) is 0 Å². The predicted octanol–water partition coefficient (Wildman–Crippen LogP) is 3.06. The number of esters is 1. The van der Waals surface area contributed by atoms with E-state index in [1.165, 1.54) is 0 Å². The maximum absolute atomic E-state index is 11.8. The molecule has 0 spiro atoms. The molecule has 0 fully saturated rings. The fourth-order valence-electron chi connectivity index (χ4n) is 1.62. The number of nitrogens with two attached hydrogens (primary N) is 1. The van der Waals surface area contributed by atoms with Crippen LogP contribution in [0.4, 0.5) is 5.69 Å². The van der Waals surface area contributed by atoms with Crippen molar-refractivity contribution in [3.8, 4) is 6.07 Å². The molecule has 0 unspecified atom stereocenters. The Hall–Kier alpha value is -2.02. The number of nitrogens with zero attached hydrogens (tertiary/aromatic N) is 1. The summed E-state index contributed by atoms with van der Waals surface area (Å²) in [5.41, 5.74) is 7.35. The van der Waals surface area contributed by atoms with E-state index in [9.17, 15) is 4.79 Å². The minimum absolute atomic E-state index is 0.327. The van der Waals surface area contributed by atoms with Crippen LogP contribution < -0.4 is 5.73 Å². The summed E-state index contributed by atoms with van der Waals surface area (Å²) in [5.74, 6) is -0.349. The van der Waals surface area contributed by atoms with Gasteiger partial charge in [0.05, 0.1) is 23.7 Å².